The van der Waals surface area contributed by atoms with E-state index in [0.29, 0.717) is 29.6 Å². The number of benzene rings is 1. The van der Waals surface area contributed by atoms with Gasteiger partial charge < -0.3 is 25.0 Å². The number of carbonyl (C=O) groups excluding carboxylic acids is 4. The van der Waals surface area contributed by atoms with E-state index in [1.54, 1.807) is 59.2 Å². The molecule has 0 bridgehead atoms. The lowest BCUT2D eigenvalue weighted by atomic mass is 9.82. The quantitative estimate of drug-likeness (QED) is 0.557. The third-order valence-electron chi connectivity index (χ3n) is 6.81. The summed E-state index contributed by atoms with van der Waals surface area (Å²) >= 11 is 0. The monoisotopic (exact) mass is 518 g/mol. The van der Waals surface area contributed by atoms with Crippen LogP contribution >= 0.6 is 0 Å². The fourth-order valence-electron chi connectivity index (χ4n) is 4.93. The Balaban J connectivity index is 1.77. The van der Waals surface area contributed by atoms with Gasteiger partial charge in [0, 0.05) is 43.1 Å². The number of para-hydroxylation sites is 1. The summed E-state index contributed by atoms with van der Waals surface area (Å²) in [6.45, 7) is 3.17. The molecule has 2 heterocycles. The normalized spacial score (nSPS) is 17.7. The maximum atomic E-state index is 14.1. The first-order chi connectivity index (χ1) is 18.4. The van der Waals surface area contributed by atoms with Gasteiger partial charge in [0.05, 0.1) is 30.8 Å². The fraction of sp³-hybridized carbons (Fsp3) is 0.357. The minimum absolute atomic E-state index is 0.0293. The van der Waals surface area contributed by atoms with Crippen LogP contribution in [0.1, 0.15) is 35.3 Å². The molecule has 2 aliphatic rings. The Labute approximate surface area is 220 Å². The maximum absolute atomic E-state index is 14.1. The molecule has 1 aromatic carbocycles. The summed E-state index contributed by atoms with van der Waals surface area (Å²) < 4.78 is 10.7. The third-order valence-corrected chi connectivity index (χ3v) is 6.81. The van der Waals surface area contributed by atoms with Crippen LogP contribution in [0, 0.1) is 5.92 Å². The zero-order chi connectivity index (χ0) is 27.2. The Bertz CT molecular complexity index is 1350. The Morgan fingerprint density at radius 3 is 2.50 bits per heavy atom. The zero-order valence-corrected chi connectivity index (χ0v) is 21.4. The molecule has 1 fully saturated rings. The van der Waals surface area contributed by atoms with Crippen molar-refractivity contribution >= 4 is 34.8 Å². The Morgan fingerprint density at radius 1 is 1.13 bits per heavy atom. The number of primary amides is 1. The van der Waals surface area contributed by atoms with Gasteiger partial charge in [-0.15, -0.1) is 0 Å². The summed E-state index contributed by atoms with van der Waals surface area (Å²) in [5, 5.41) is 0.593. The van der Waals surface area contributed by atoms with Crippen molar-refractivity contribution < 1.29 is 28.7 Å². The van der Waals surface area contributed by atoms with E-state index in [1.165, 1.54) is 7.11 Å². The van der Waals surface area contributed by atoms with Crippen LogP contribution in [0.25, 0.3) is 10.9 Å². The van der Waals surface area contributed by atoms with E-state index in [1.807, 2.05) is 12.0 Å². The number of hydrogen-bond donors (Lipinski definition) is 1. The van der Waals surface area contributed by atoms with E-state index in [-0.39, 0.29) is 49.0 Å². The van der Waals surface area contributed by atoms with E-state index in [9.17, 15) is 19.2 Å². The summed E-state index contributed by atoms with van der Waals surface area (Å²) in [6.07, 6.45) is 6.75. The van der Waals surface area contributed by atoms with Crippen LogP contribution in [0.4, 0.5) is 4.79 Å². The fourth-order valence-corrected chi connectivity index (χ4v) is 4.93. The molecule has 38 heavy (non-hydrogen) atoms. The van der Waals surface area contributed by atoms with Crippen LogP contribution in [-0.2, 0) is 14.3 Å². The lowest BCUT2D eigenvalue weighted by Crippen LogP contribution is -2.52. The largest absolute Gasteiger partial charge is 0.495 e. The van der Waals surface area contributed by atoms with Gasteiger partial charge in [0.2, 0.25) is 5.91 Å². The van der Waals surface area contributed by atoms with Gasteiger partial charge >= 0.3 is 6.09 Å². The SMILES string of the molecule is CCOC(=O)N1CCN(C(=O)C(CC2C=CC=CC2=C=O)c2nc3ccccc3c(OC)c2C(N)=O)CC1. The smallest absolute Gasteiger partial charge is 0.409 e. The zero-order valence-electron chi connectivity index (χ0n) is 21.4. The van der Waals surface area contributed by atoms with Crippen molar-refractivity contribution in [1.29, 1.82) is 0 Å². The van der Waals surface area contributed by atoms with E-state index >= 15 is 0 Å². The average Bonchev–Trinajstić information content (AvgIpc) is 2.94. The first-order valence-corrected chi connectivity index (χ1v) is 12.5. The Kier molecular flexibility index (Phi) is 8.23. The van der Waals surface area contributed by atoms with Gasteiger partial charge in [0.15, 0.2) is 0 Å². The van der Waals surface area contributed by atoms with Crippen molar-refractivity contribution in [2.75, 3.05) is 39.9 Å². The van der Waals surface area contributed by atoms with Crippen molar-refractivity contribution in [2.24, 2.45) is 11.7 Å². The number of nitrogens with two attached hydrogens (primary N) is 1. The van der Waals surface area contributed by atoms with Crippen LogP contribution in [0.15, 0.2) is 54.1 Å². The number of fused-ring (bicyclic) bond motifs is 1. The molecular weight excluding hydrogens is 488 g/mol. The second kappa shape index (κ2) is 11.7. The molecule has 10 nitrogen and oxygen atoms in total. The van der Waals surface area contributed by atoms with Gasteiger partial charge in [-0.25, -0.2) is 9.59 Å². The summed E-state index contributed by atoms with van der Waals surface area (Å²) in [5.41, 5.74) is 6.99. The molecule has 198 valence electrons. The van der Waals surface area contributed by atoms with Crippen LogP contribution in [0.2, 0.25) is 0 Å². The van der Waals surface area contributed by atoms with Crippen molar-refractivity contribution in [3.63, 3.8) is 0 Å². The summed E-state index contributed by atoms with van der Waals surface area (Å²) in [6, 6.07) is 7.13. The van der Waals surface area contributed by atoms with Crippen LogP contribution in [-0.4, -0.2) is 78.5 Å². The van der Waals surface area contributed by atoms with Gasteiger partial charge in [0.1, 0.15) is 17.3 Å². The number of methoxy groups -OCH3 is 1. The second-order valence-corrected chi connectivity index (χ2v) is 8.99. The maximum Gasteiger partial charge on any atom is 0.409 e. The molecular formula is C28H30N4O6. The topological polar surface area (TPSA) is 132 Å². The number of piperazine rings is 1. The molecule has 0 radical (unpaired) electrons. The predicted octanol–water partition coefficient (Wildman–Crippen LogP) is 2.62. The summed E-state index contributed by atoms with van der Waals surface area (Å²) in [4.78, 5) is 58.6. The van der Waals surface area contributed by atoms with E-state index in [0.717, 1.165) is 0 Å². The molecule has 2 N–H and O–H groups in total. The van der Waals surface area contributed by atoms with E-state index in [4.69, 9.17) is 20.2 Å². The molecule has 0 spiro atoms. The molecule has 1 saturated heterocycles. The molecule has 4 rings (SSSR count). The second-order valence-electron chi connectivity index (χ2n) is 8.99. The highest BCUT2D eigenvalue weighted by molar-refractivity contribution is 6.04. The molecule has 1 aliphatic heterocycles. The highest BCUT2D eigenvalue weighted by atomic mass is 16.6. The van der Waals surface area contributed by atoms with Crippen molar-refractivity contribution in [1.82, 2.24) is 14.8 Å². The van der Waals surface area contributed by atoms with Gasteiger partial charge in [0.25, 0.3) is 5.91 Å². The number of ether oxygens (including phenoxy) is 2. The number of aromatic nitrogens is 1. The molecule has 2 atom stereocenters. The van der Waals surface area contributed by atoms with Crippen molar-refractivity contribution in [2.45, 2.75) is 19.3 Å². The number of amides is 3. The minimum Gasteiger partial charge on any atom is -0.495 e. The Hall–Kier alpha value is -4.43. The summed E-state index contributed by atoms with van der Waals surface area (Å²) in [7, 11) is 1.44. The Morgan fingerprint density at radius 2 is 1.84 bits per heavy atom. The third kappa shape index (κ3) is 5.31. The van der Waals surface area contributed by atoms with Crippen molar-refractivity contribution in [3.05, 3.63) is 65.4 Å². The number of hydrogen-bond acceptors (Lipinski definition) is 7. The number of pyridine rings is 1. The molecule has 2 aromatic rings. The molecule has 0 saturated carbocycles. The first kappa shape index (κ1) is 26.6. The van der Waals surface area contributed by atoms with Crippen LogP contribution in [0.3, 0.4) is 0 Å². The van der Waals surface area contributed by atoms with Gasteiger partial charge in [-0.1, -0.05) is 30.4 Å². The van der Waals surface area contributed by atoms with Crippen molar-refractivity contribution in [3.8, 4) is 5.75 Å². The van der Waals surface area contributed by atoms with Crippen LogP contribution < -0.4 is 10.5 Å². The number of rotatable bonds is 7. The first-order valence-electron chi connectivity index (χ1n) is 12.5. The molecule has 2 unspecified atom stereocenters. The molecule has 1 aliphatic carbocycles. The number of nitrogens with zero attached hydrogens (tertiary/aromatic N) is 3. The molecule has 1 aromatic heterocycles. The van der Waals surface area contributed by atoms with Gasteiger partial charge in [-0.05, 0) is 31.6 Å². The highest BCUT2D eigenvalue weighted by Crippen LogP contribution is 2.38. The van der Waals surface area contributed by atoms with E-state index < -0.39 is 23.8 Å². The van der Waals surface area contributed by atoms with E-state index in [2.05, 4.69) is 0 Å². The average molecular weight is 519 g/mol. The summed E-state index contributed by atoms with van der Waals surface area (Å²) in [5.74, 6) is -0.200. The minimum atomic E-state index is -0.922. The predicted molar refractivity (Wildman–Crippen MR) is 140 cm³/mol. The van der Waals surface area contributed by atoms with Crippen LogP contribution in [0.5, 0.6) is 5.75 Å². The number of allylic oxidation sites excluding steroid dienone is 5. The van der Waals surface area contributed by atoms with Gasteiger partial charge in [-0.3, -0.25) is 14.6 Å². The van der Waals surface area contributed by atoms with Gasteiger partial charge in [-0.2, -0.15) is 0 Å². The molecule has 3 amide bonds. The lowest BCUT2D eigenvalue weighted by Gasteiger charge is -2.36. The number of carbonyl (C=O) groups is 3. The molecule has 10 heteroatoms. The lowest BCUT2D eigenvalue weighted by molar-refractivity contribution is -0.134. The highest BCUT2D eigenvalue weighted by Gasteiger charge is 2.37. The standard InChI is InChI=1S/C28H30N4O6/c1-3-38-28(36)32-14-12-31(13-15-32)27(35)21(16-18-8-4-5-9-19(18)17-33)24-23(26(29)34)25(37-2)20-10-6-7-11-22(20)30-24/h4-11,18,21H,3,12-16H2,1-2H3,(H2,29,34).